The minimum Gasteiger partial charge on any atom is -0.379 e. The van der Waals surface area contributed by atoms with Gasteiger partial charge in [0, 0.05) is 25.7 Å². The van der Waals surface area contributed by atoms with Gasteiger partial charge in [0.2, 0.25) is 5.91 Å². The first-order valence-corrected chi connectivity index (χ1v) is 6.83. The van der Waals surface area contributed by atoms with E-state index in [0.29, 0.717) is 19.3 Å². The second kappa shape index (κ2) is 5.99. The molecule has 2 rings (SSSR count). The fraction of sp³-hybridized carbons (Fsp3) is 0.923. The lowest BCUT2D eigenvalue weighted by Crippen LogP contribution is -2.55. The van der Waals surface area contributed by atoms with E-state index in [9.17, 15) is 4.79 Å². The number of nitrogens with one attached hydrogen (secondary N) is 1. The fourth-order valence-electron chi connectivity index (χ4n) is 2.44. The van der Waals surface area contributed by atoms with Gasteiger partial charge in [-0.25, -0.2) is 0 Å². The third-order valence-electron chi connectivity index (χ3n) is 3.92. The molecule has 104 valence electrons. The number of carbonyl (C=O) groups excluding carboxylic acids is 1. The summed E-state index contributed by atoms with van der Waals surface area (Å²) in [4.78, 5) is 14.4. The number of carbonyl (C=O) groups is 1. The zero-order chi connectivity index (χ0) is 13.0. The predicted molar refractivity (Wildman–Crippen MR) is 68.4 cm³/mol. The molecule has 0 aromatic carbocycles. The van der Waals surface area contributed by atoms with Gasteiger partial charge in [-0.15, -0.1) is 0 Å². The number of morpholine rings is 1. The largest absolute Gasteiger partial charge is 0.379 e. The van der Waals surface area contributed by atoms with Crippen molar-refractivity contribution in [2.45, 2.75) is 26.3 Å². The maximum atomic E-state index is 12.0. The van der Waals surface area contributed by atoms with Crippen molar-refractivity contribution in [3.05, 3.63) is 0 Å². The van der Waals surface area contributed by atoms with E-state index in [1.807, 2.05) is 6.92 Å². The lowest BCUT2D eigenvalue weighted by molar-refractivity contribution is -0.157. The molecular formula is C13H24N2O3. The smallest absolute Gasteiger partial charge is 0.230 e. The van der Waals surface area contributed by atoms with Gasteiger partial charge >= 0.3 is 0 Å². The maximum Gasteiger partial charge on any atom is 0.230 e. The second-order valence-electron chi connectivity index (χ2n) is 5.47. The molecule has 1 atom stereocenters. The van der Waals surface area contributed by atoms with Gasteiger partial charge < -0.3 is 14.8 Å². The number of ether oxygens (including phenoxy) is 2. The summed E-state index contributed by atoms with van der Waals surface area (Å²) in [5, 5.41) is 3.07. The van der Waals surface area contributed by atoms with Gasteiger partial charge in [-0.1, -0.05) is 6.92 Å². The topological polar surface area (TPSA) is 50.8 Å². The van der Waals surface area contributed by atoms with Crippen LogP contribution in [-0.2, 0) is 14.3 Å². The van der Waals surface area contributed by atoms with Gasteiger partial charge in [-0.3, -0.25) is 9.69 Å². The summed E-state index contributed by atoms with van der Waals surface area (Å²) in [5.41, 5.74) is -0.302. The van der Waals surface area contributed by atoms with Crippen LogP contribution in [0.2, 0.25) is 0 Å². The van der Waals surface area contributed by atoms with Crippen LogP contribution in [0.1, 0.15) is 20.3 Å². The molecule has 0 radical (unpaired) electrons. The average molecular weight is 256 g/mol. The molecule has 0 aromatic heterocycles. The maximum absolute atomic E-state index is 12.0. The van der Waals surface area contributed by atoms with Crippen molar-refractivity contribution in [3.63, 3.8) is 0 Å². The zero-order valence-electron chi connectivity index (χ0n) is 11.4. The van der Waals surface area contributed by atoms with Crippen molar-refractivity contribution in [2.24, 2.45) is 5.41 Å². The summed E-state index contributed by atoms with van der Waals surface area (Å²) >= 11 is 0. The van der Waals surface area contributed by atoms with Crippen LogP contribution in [0.5, 0.6) is 0 Å². The van der Waals surface area contributed by atoms with Crippen LogP contribution < -0.4 is 5.32 Å². The molecule has 5 heteroatoms. The van der Waals surface area contributed by atoms with E-state index in [4.69, 9.17) is 9.47 Å². The summed E-state index contributed by atoms with van der Waals surface area (Å²) in [6.45, 7) is 9.49. The first-order chi connectivity index (χ1) is 8.65. The highest BCUT2D eigenvalue weighted by Gasteiger charge is 2.41. The standard InChI is InChI=1S/C13H24N2O3/c1-3-11(15-4-6-17-7-5-15)8-14-12(16)13(2)9-18-10-13/h11H,3-10H2,1-2H3,(H,14,16). The Morgan fingerprint density at radius 2 is 2.00 bits per heavy atom. The van der Waals surface area contributed by atoms with Crippen molar-refractivity contribution in [2.75, 3.05) is 46.1 Å². The molecule has 2 aliphatic rings. The van der Waals surface area contributed by atoms with Crippen LogP contribution in [0.3, 0.4) is 0 Å². The van der Waals surface area contributed by atoms with Gasteiger partial charge in [-0.2, -0.15) is 0 Å². The van der Waals surface area contributed by atoms with Gasteiger partial charge in [0.25, 0.3) is 0 Å². The highest BCUT2D eigenvalue weighted by molar-refractivity contribution is 5.83. The Kier molecular flexibility index (Phi) is 4.59. The summed E-state index contributed by atoms with van der Waals surface area (Å²) in [6, 6.07) is 0.419. The monoisotopic (exact) mass is 256 g/mol. The van der Waals surface area contributed by atoms with Gasteiger partial charge in [0.05, 0.1) is 31.8 Å². The minimum atomic E-state index is -0.302. The third kappa shape index (κ3) is 3.02. The molecular weight excluding hydrogens is 232 g/mol. The minimum absolute atomic E-state index is 0.125. The molecule has 2 aliphatic heterocycles. The summed E-state index contributed by atoms with van der Waals surface area (Å²) in [7, 11) is 0. The van der Waals surface area contributed by atoms with Crippen molar-refractivity contribution in [1.29, 1.82) is 0 Å². The van der Waals surface area contributed by atoms with Crippen LogP contribution in [0, 0.1) is 5.41 Å². The van der Waals surface area contributed by atoms with Crippen molar-refractivity contribution in [1.82, 2.24) is 10.2 Å². The van der Waals surface area contributed by atoms with Crippen LogP contribution in [0.25, 0.3) is 0 Å². The normalized spacial score (nSPS) is 25.2. The molecule has 0 bridgehead atoms. The number of hydrogen-bond donors (Lipinski definition) is 1. The first-order valence-electron chi connectivity index (χ1n) is 6.83. The number of rotatable bonds is 5. The molecule has 5 nitrogen and oxygen atoms in total. The van der Waals surface area contributed by atoms with Crippen molar-refractivity contribution >= 4 is 5.91 Å². The van der Waals surface area contributed by atoms with Crippen LogP contribution in [0.4, 0.5) is 0 Å². The van der Waals surface area contributed by atoms with E-state index < -0.39 is 0 Å². The molecule has 2 heterocycles. The molecule has 2 fully saturated rings. The number of nitrogens with zero attached hydrogens (tertiary/aromatic N) is 1. The number of hydrogen-bond acceptors (Lipinski definition) is 4. The van der Waals surface area contributed by atoms with Crippen LogP contribution in [-0.4, -0.2) is 62.9 Å². The van der Waals surface area contributed by atoms with E-state index in [1.165, 1.54) is 0 Å². The third-order valence-corrected chi connectivity index (χ3v) is 3.92. The molecule has 0 saturated carbocycles. The van der Waals surface area contributed by atoms with E-state index >= 15 is 0 Å². The Morgan fingerprint density at radius 3 is 2.50 bits per heavy atom. The van der Waals surface area contributed by atoms with Gasteiger partial charge in [0.15, 0.2) is 0 Å². The molecule has 1 N–H and O–H groups in total. The van der Waals surface area contributed by atoms with Crippen LogP contribution in [0.15, 0.2) is 0 Å². The predicted octanol–water partition coefficient (Wildman–Crippen LogP) is 0.250. The molecule has 0 aliphatic carbocycles. The highest BCUT2D eigenvalue weighted by Crippen LogP contribution is 2.26. The second-order valence-corrected chi connectivity index (χ2v) is 5.47. The Labute approximate surface area is 109 Å². The Bertz CT molecular complexity index is 286. The SMILES string of the molecule is CCC(CNC(=O)C1(C)COC1)N1CCOCC1. The molecule has 1 unspecified atom stereocenters. The quantitative estimate of drug-likeness (QED) is 0.766. The van der Waals surface area contributed by atoms with Crippen molar-refractivity contribution in [3.8, 4) is 0 Å². The summed E-state index contributed by atoms with van der Waals surface area (Å²) in [6.07, 6.45) is 1.05. The molecule has 0 aromatic rings. The fourth-order valence-corrected chi connectivity index (χ4v) is 2.44. The van der Waals surface area contributed by atoms with E-state index in [1.54, 1.807) is 0 Å². The lowest BCUT2D eigenvalue weighted by Gasteiger charge is -2.38. The molecule has 1 amide bonds. The Balaban J connectivity index is 1.77. The average Bonchev–Trinajstić information content (AvgIpc) is 2.37. The number of amides is 1. The van der Waals surface area contributed by atoms with E-state index in [0.717, 1.165) is 39.3 Å². The highest BCUT2D eigenvalue weighted by atomic mass is 16.5. The first kappa shape index (κ1) is 13.8. The van der Waals surface area contributed by atoms with Crippen molar-refractivity contribution < 1.29 is 14.3 Å². The Hall–Kier alpha value is -0.650. The van der Waals surface area contributed by atoms with Gasteiger partial charge in [-0.05, 0) is 13.3 Å². The summed E-state index contributed by atoms with van der Waals surface area (Å²) in [5.74, 6) is 0.125. The molecule has 18 heavy (non-hydrogen) atoms. The van der Waals surface area contributed by atoms with E-state index in [-0.39, 0.29) is 11.3 Å². The van der Waals surface area contributed by atoms with Crippen LogP contribution >= 0.6 is 0 Å². The van der Waals surface area contributed by atoms with E-state index in [2.05, 4.69) is 17.1 Å². The molecule has 2 saturated heterocycles. The Morgan fingerprint density at radius 1 is 1.33 bits per heavy atom. The summed E-state index contributed by atoms with van der Waals surface area (Å²) < 4.78 is 10.5. The van der Waals surface area contributed by atoms with Gasteiger partial charge in [0.1, 0.15) is 0 Å². The molecule has 0 spiro atoms. The zero-order valence-corrected chi connectivity index (χ0v) is 11.4. The lowest BCUT2D eigenvalue weighted by atomic mass is 9.87.